The number of aromatic amines is 1. The van der Waals surface area contributed by atoms with Crippen molar-refractivity contribution >= 4 is 40.1 Å². The van der Waals surface area contributed by atoms with Crippen LogP contribution in [0.4, 0.5) is 0 Å². The highest BCUT2D eigenvalue weighted by molar-refractivity contribution is 6.42. The Kier molecular flexibility index (Phi) is 3.62. The minimum atomic E-state index is -0.971. The Hall–Kier alpha value is -1.97. The monoisotopic (exact) mass is 319 g/mol. The van der Waals surface area contributed by atoms with Crippen molar-refractivity contribution in [3.8, 4) is 0 Å². The summed E-state index contributed by atoms with van der Waals surface area (Å²) in [7, 11) is 0. The molecule has 3 nitrogen and oxygen atoms in total. The van der Waals surface area contributed by atoms with Gasteiger partial charge < -0.3 is 10.1 Å². The van der Waals surface area contributed by atoms with E-state index in [4.69, 9.17) is 23.2 Å². The van der Waals surface area contributed by atoms with E-state index in [1.54, 1.807) is 12.1 Å². The number of H-pyrrole nitrogens is 1. The molecule has 0 bridgehead atoms. The molecule has 106 valence electrons. The predicted octanol–water partition coefficient (Wildman–Crippen LogP) is 4.76. The van der Waals surface area contributed by atoms with Gasteiger partial charge in [0.05, 0.1) is 10.0 Å². The number of aromatic nitrogens is 1. The third-order valence-corrected chi connectivity index (χ3v) is 4.13. The van der Waals surface area contributed by atoms with Crippen molar-refractivity contribution in [1.29, 1.82) is 0 Å². The quantitative estimate of drug-likeness (QED) is 0.731. The standard InChI is InChI=1S/C16H11Cl2NO2/c17-12-6-5-9(8-13(12)18)7-11-10-3-1-2-4-14(10)19-15(11)16(20)21/h1-6,8,19H,7H2,(H,20,21). The highest BCUT2D eigenvalue weighted by atomic mass is 35.5. The molecule has 3 rings (SSSR count). The topological polar surface area (TPSA) is 53.1 Å². The molecule has 1 aromatic heterocycles. The van der Waals surface area contributed by atoms with E-state index in [1.165, 1.54) is 0 Å². The first kappa shape index (κ1) is 14.0. The van der Waals surface area contributed by atoms with Crippen LogP contribution in [-0.4, -0.2) is 16.1 Å². The minimum absolute atomic E-state index is 0.210. The van der Waals surface area contributed by atoms with E-state index in [0.29, 0.717) is 16.5 Å². The molecule has 0 fully saturated rings. The number of carboxylic acids is 1. The van der Waals surface area contributed by atoms with Crippen LogP contribution in [0, 0.1) is 0 Å². The van der Waals surface area contributed by atoms with Crippen LogP contribution < -0.4 is 0 Å². The molecule has 0 saturated carbocycles. The summed E-state index contributed by atoms with van der Waals surface area (Å²) in [5.74, 6) is -0.971. The summed E-state index contributed by atoms with van der Waals surface area (Å²) in [5.41, 5.74) is 2.68. The lowest BCUT2D eigenvalue weighted by molar-refractivity contribution is 0.0690. The van der Waals surface area contributed by atoms with E-state index in [2.05, 4.69) is 4.98 Å². The van der Waals surface area contributed by atoms with Gasteiger partial charge >= 0.3 is 5.97 Å². The molecule has 2 aromatic carbocycles. The first-order valence-corrected chi connectivity index (χ1v) is 7.08. The van der Waals surface area contributed by atoms with E-state index >= 15 is 0 Å². The molecule has 21 heavy (non-hydrogen) atoms. The van der Waals surface area contributed by atoms with Gasteiger partial charge in [-0.05, 0) is 29.3 Å². The Morgan fingerprint density at radius 1 is 1.10 bits per heavy atom. The summed E-state index contributed by atoms with van der Waals surface area (Å²) >= 11 is 11.9. The normalized spacial score (nSPS) is 11.0. The zero-order valence-corrected chi connectivity index (χ0v) is 12.4. The molecule has 0 aliphatic carbocycles. The van der Waals surface area contributed by atoms with Crippen molar-refractivity contribution in [3.63, 3.8) is 0 Å². The van der Waals surface area contributed by atoms with Gasteiger partial charge in [-0.3, -0.25) is 0 Å². The van der Waals surface area contributed by atoms with Crippen LogP contribution in [0.3, 0.4) is 0 Å². The summed E-state index contributed by atoms with van der Waals surface area (Å²) in [6, 6.07) is 12.9. The highest BCUT2D eigenvalue weighted by Gasteiger charge is 2.17. The molecule has 0 atom stereocenters. The van der Waals surface area contributed by atoms with E-state index in [0.717, 1.165) is 22.0 Å². The van der Waals surface area contributed by atoms with Gasteiger partial charge in [0.1, 0.15) is 5.69 Å². The fourth-order valence-corrected chi connectivity index (χ4v) is 2.74. The molecule has 0 aliphatic heterocycles. The molecule has 0 radical (unpaired) electrons. The minimum Gasteiger partial charge on any atom is -0.477 e. The van der Waals surface area contributed by atoms with Gasteiger partial charge in [0, 0.05) is 17.3 Å². The molecular formula is C16H11Cl2NO2. The number of para-hydroxylation sites is 1. The largest absolute Gasteiger partial charge is 0.477 e. The number of halogens is 2. The maximum absolute atomic E-state index is 11.4. The van der Waals surface area contributed by atoms with Crippen LogP contribution in [0.2, 0.25) is 10.0 Å². The summed E-state index contributed by atoms with van der Waals surface area (Å²) in [5, 5.41) is 11.2. The van der Waals surface area contributed by atoms with Crippen LogP contribution in [0.5, 0.6) is 0 Å². The number of hydrogen-bond donors (Lipinski definition) is 2. The summed E-state index contributed by atoms with van der Waals surface area (Å²) in [6.07, 6.45) is 0.475. The lowest BCUT2D eigenvalue weighted by atomic mass is 10.0. The molecule has 3 aromatic rings. The third-order valence-electron chi connectivity index (χ3n) is 3.39. The van der Waals surface area contributed by atoms with E-state index in [-0.39, 0.29) is 5.69 Å². The van der Waals surface area contributed by atoms with Crippen LogP contribution >= 0.6 is 23.2 Å². The van der Waals surface area contributed by atoms with Crippen molar-refractivity contribution in [1.82, 2.24) is 4.98 Å². The van der Waals surface area contributed by atoms with Crippen LogP contribution in [0.25, 0.3) is 10.9 Å². The Morgan fingerprint density at radius 2 is 1.86 bits per heavy atom. The molecule has 0 amide bonds. The van der Waals surface area contributed by atoms with Crippen molar-refractivity contribution in [3.05, 3.63) is 69.3 Å². The second-order valence-corrected chi connectivity index (χ2v) is 5.57. The first-order chi connectivity index (χ1) is 10.1. The van der Waals surface area contributed by atoms with Gasteiger partial charge in [-0.1, -0.05) is 47.5 Å². The average Bonchev–Trinajstić information content (AvgIpc) is 2.82. The molecule has 0 spiro atoms. The number of benzene rings is 2. The van der Waals surface area contributed by atoms with Crippen LogP contribution in [0.15, 0.2) is 42.5 Å². The number of hydrogen-bond acceptors (Lipinski definition) is 1. The van der Waals surface area contributed by atoms with Crippen molar-refractivity contribution < 1.29 is 9.90 Å². The Morgan fingerprint density at radius 3 is 2.57 bits per heavy atom. The van der Waals surface area contributed by atoms with Crippen molar-refractivity contribution in [2.45, 2.75) is 6.42 Å². The van der Waals surface area contributed by atoms with Crippen LogP contribution in [0.1, 0.15) is 21.6 Å². The number of fused-ring (bicyclic) bond motifs is 1. The number of nitrogens with one attached hydrogen (secondary N) is 1. The zero-order chi connectivity index (χ0) is 15.0. The maximum atomic E-state index is 11.4. The van der Waals surface area contributed by atoms with Gasteiger partial charge in [-0.2, -0.15) is 0 Å². The third kappa shape index (κ3) is 2.62. The zero-order valence-electron chi connectivity index (χ0n) is 10.9. The summed E-state index contributed by atoms with van der Waals surface area (Å²) < 4.78 is 0. The molecule has 0 unspecified atom stereocenters. The van der Waals surface area contributed by atoms with E-state index in [1.807, 2.05) is 30.3 Å². The molecular weight excluding hydrogens is 309 g/mol. The number of carboxylic acid groups (broad SMARTS) is 1. The fourth-order valence-electron chi connectivity index (χ4n) is 2.42. The summed E-state index contributed by atoms with van der Waals surface area (Å²) in [4.78, 5) is 14.4. The van der Waals surface area contributed by atoms with Crippen molar-refractivity contribution in [2.75, 3.05) is 0 Å². The van der Waals surface area contributed by atoms with Gasteiger partial charge in [0.15, 0.2) is 0 Å². The van der Waals surface area contributed by atoms with Gasteiger partial charge in [-0.15, -0.1) is 0 Å². The molecule has 1 heterocycles. The molecule has 0 aliphatic rings. The van der Waals surface area contributed by atoms with Gasteiger partial charge in [0.25, 0.3) is 0 Å². The second kappa shape index (κ2) is 5.43. The van der Waals surface area contributed by atoms with E-state index < -0.39 is 5.97 Å². The summed E-state index contributed by atoms with van der Waals surface area (Å²) in [6.45, 7) is 0. The average molecular weight is 320 g/mol. The maximum Gasteiger partial charge on any atom is 0.352 e. The predicted molar refractivity (Wildman–Crippen MR) is 84.5 cm³/mol. The Labute approximate surface area is 131 Å². The van der Waals surface area contributed by atoms with Gasteiger partial charge in [-0.25, -0.2) is 4.79 Å². The fraction of sp³-hybridized carbons (Fsp3) is 0.0625. The van der Waals surface area contributed by atoms with Crippen LogP contribution in [-0.2, 0) is 6.42 Å². The molecule has 2 N–H and O–H groups in total. The van der Waals surface area contributed by atoms with Crippen molar-refractivity contribution in [2.24, 2.45) is 0 Å². The lowest BCUT2D eigenvalue weighted by Gasteiger charge is -2.04. The SMILES string of the molecule is O=C(O)c1[nH]c2ccccc2c1Cc1ccc(Cl)c(Cl)c1. The Balaban J connectivity index is 2.12. The Bertz CT molecular complexity index is 839. The van der Waals surface area contributed by atoms with E-state index in [9.17, 15) is 9.90 Å². The second-order valence-electron chi connectivity index (χ2n) is 4.75. The highest BCUT2D eigenvalue weighted by Crippen LogP contribution is 2.28. The smallest absolute Gasteiger partial charge is 0.352 e. The number of aromatic carboxylic acids is 1. The van der Waals surface area contributed by atoms with Gasteiger partial charge in [0.2, 0.25) is 0 Å². The molecule has 0 saturated heterocycles. The number of rotatable bonds is 3. The molecule has 5 heteroatoms. The first-order valence-electron chi connectivity index (χ1n) is 6.33. The number of carbonyl (C=O) groups is 1. The lowest BCUT2D eigenvalue weighted by Crippen LogP contribution is -2.02.